The van der Waals surface area contributed by atoms with Gasteiger partial charge in [-0.15, -0.1) is 12.4 Å². The van der Waals surface area contributed by atoms with Gasteiger partial charge in [0.1, 0.15) is 0 Å². The van der Waals surface area contributed by atoms with Gasteiger partial charge in [-0.25, -0.2) is 0 Å². The number of piperidine rings is 1. The van der Waals surface area contributed by atoms with Crippen molar-refractivity contribution in [1.29, 1.82) is 0 Å². The van der Waals surface area contributed by atoms with E-state index in [1.54, 1.807) is 0 Å². The Morgan fingerprint density at radius 2 is 1.50 bits per heavy atom. The fourth-order valence-corrected chi connectivity index (χ4v) is 4.77. The molecule has 150 valence electrons. The Balaban J connectivity index is 0.00000243. The van der Waals surface area contributed by atoms with E-state index in [0.29, 0.717) is 24.2 Å². The molecule has 1 aliphatic carbocycles. The second kappa shape index (κ2) is 10.5. The zero-order chi connectivity index (χ0) is 17.6. The monoisotopic (exact) mass is 385 g/mol. The van der Waals surface area contributed by atoms with Gasteiger partial charge in [0.2, 0.25) is 11.8 Å². The van der Waals surface area contributed by atoms with Gasteiger partial charge in [-0.1, -0.05) is 26.2 Å². The average Bonchev–Trinajstić information content (AvgIpc) is 2.69. The normalized spacial score (nSPS) is 24.0. The Hall–Kier alpha value is -0.810. The summed E-state index contributed by atoms with van der Waals surface area (Å²) in [4.78, 5) is 29.3. The third kappa shape index (κ3) is 5.59. The number of carbonyl (C=O) groups excluding carboxylic acids is 2. The van der Waals surface area contributed by atoms with Gasteiger partial charge < -0.3 is 15.1 Å². The van der Waals surface area contributed by atoms with Gasteiger partial charge in [0.15, 0.2) is 0 Å². The summed E-state index contributed by atoms with van der Waals surface area (Å²) in [7, 11) is 0. The van der Waals surface area contributed by atoms with Crippen molar-refractivity contribution in [3.63, 3.8) is 0 Å². The number of carbonyl (C=O) groups is 2. The number of piperazine rings is 1. The number of hydrogen-bond acceptors (Lipinski definition) is 3. The van der Waals surface area contributed by atoms with Crippen LogP contribution in [0.2, 0.25) is 0 Å². The molecule has 1 N–H and O–H groups in total. The maximum atomic E-state index is 12.6. The van der Waals surface area contributed by atoms with Crippen molar-refractivity contribution < 1.29 is 9.59 Å². The number of rotatable bonds is 4. The first-order chi connectivity index (χ1) is 12.1. The zero-order valence-corrected chi connectivity index (χ0v) is 17.1. The summed E-state index contributed by atoms with van der Waals surface area (Å²) in [6.45, 7) is 7.30. The zero-order valence-electron chi connectivity index (χ0n) is 16.3. The predicted molar refractivity (Wildman–Crippen MR) is 106 cm³/mol. The van der Waals surface area contributed by atoms with Gasteiger partial charge in [0, 0.05) is 38.5 Å². The molecule has 26 heavy (non-hydrogen) atoms. The summed E-state index contributed by atoms with van der Waals surface area (Å²) in [5, 5.41) is 3.40. The SMILES string of the molecule is CC(CC(=O)N1CCN(C(=O)C2CCCCC2)CC1)C1CCNCC1.Cl. The Kier molecular flexibility index (Phi) is 8.68. The van der Waals surface area contributed by atoms with E-state index in [0.717, 1.165) is 52.1 Å². The molecule has 0 radical (unpaired) electrons. The lowest BCUT2D eigenvalue weighted by atomic mass is 9.84. The highest BCUT2D eigenvalue weighted by Crippen LogP contribution is 2.27. The number of halogens is 1. The van der Waals surface area contributed by atoms with E-state index in [1.807, 2.05) is 9.80 Å². The number of nitrogens with one attached hydrogen (secondary N) is 1. The van der Waals surface area contributed by atoms with Crippen LogP contribution in [0.25, 0.3) is 0 Å². The smallest absolute Gasteiger partial charge is 0.225 e. The second-order valence-corrected chi connectivity index (χ2v) is 8.31. The van der Waals surface area contributed by atoms with Gasteiger partial charge >= 0.3 is 0 Å². The van der Waals surface area contributed by atoms with E-state index in [-0.39, 0.29) is 24.2 Å². The van der Waals surface area contributed by atoms with E-state index < -0.39 is 0 Å². The maximum Gasteiger partial charge on any atom is 0.225 e. The minimum Gasteiger partial charge on any atom is -0.339 e. The molecule has 1 unspecified atom stereocenters. The van der Waals surface area contributed by atoms with Crippen molar-refractivity contribution in [3.8, 4) is 0 Å². The predicted octanol–water partition coefficient (Wildman–Crippen LogP) is 2.69. The molecule has 2 saturated heterocycles. The van der Waals surface area contributed by atoms with Crippen LogP contribution in [0.5, 0.6) is 0 Å². The Morgan fingerprint density at radius 1 is 0.923 bits per heavy atom. The van der Waals surface area contributed by atoms with Crippen molar-refractivity contribution in [2.75, 3.05) is 39.3 Å². The van der Waals surface area contributed by atoms with Crippen LogP contribution in [0.3, 0.4) is 0 Å². The molecule has 0 aromatic rings. The van der Waals surface area contributed by atoms with Crippen molar-refractivity contribution in [3.05, 3.63) is 0 Å². The summed E-state index contributed by atoms with van der Waals surface area (Å²) in [6, 6.07) is 0. The molecule has 2 amide bonds. The highest BCUT2D eigenvalue weighted by Gasteiger charge is 2.30. The molecule has 0 aromatic carbocycles. The summed E-state index contributed by atoms with van der Waals surface area (Å²) in [6.07, 6.45) is 8.85. The molecule has 2 heterocycles. The van der Waals surface area contributed by atoms with E-state index >= 15 is 0 Å². The van der Waals surface area contributed by atoms with Crippen LogP contribution in [0, 0.1) is 17.8 Å². The Labute approximate surface area is 164 Å². The first kappa shape index (κ1) is 21.5. The first-order valence-corrected chi connectivity index (χ1v) is 10.4. The largest absolute Gasteiger partial charge is 0.339 e. The lowest BCUT2D eigenvalue weighted by Gasteiger charge is -2.38. The first-order valence-electron chi connectivity index (χ1n) is 10.4. The van der Waals surface area contributed by atoms with Crippen molar-refractivity contribution in [2.45, 2.75) is 58.3 Å². The summed E-state index contributed by atoms with van der Waals surface area (Å²) in [5.74, 6) is 2.03. The topological polar surface area (TPSA) is 52.7 Å². The van der Waals surface area contributed by atoms with Crippen LogP contribution in [0.1, 0.15) is 58.3 Å². The molecular formula is C20H36ClN3O2. The van der Waals surface area contributed by atoms with Gasteiger partial charge in [0.25, 0.3) is 0 Å². The molecular weight excluding hydrogens is 350 g/mol. The Bertz CT molecular complexity index is 454. The highest BCUT2D eigenvalue weighted by molar-refractivity contribution is 5.85. The number of amides is 2. The van der Waals surface area contributed by atoms with Crippen LogP contribution in [0.15, 0.2) is 0 Å². The molecule has 1 atom stereocenters. The molecule has 0 bridgehead atoms. The van der Waals surface area contributed by atoms with E-state index in [1.165, 1.54) is 32.1 Å². The summed E-state index contributed by atoms with van der Waals surface area (Å²) >= 11 is 0. The van der Waals surface area contributed by atoms with Crippen molar-refractivity contribution >= 4 is 24.2 Å². The van der Waals surface area contributed by atoms with E-state index in [4.69, 9.17) is 0 Å². The number of hydrogen-bond donors (Lipinski definition) is 1. The quantitative estimate of drug-likeness (QED) is 0.809. The fraction of sp³-hybridized carbons (Fsp3) is 0.900. The Morgan fingerprint density at radius 3 is 2.12 bits per heavy atom. The van der Waals surface area contributed by atoms with Crippen LogP contribution in [0.4, 0.5) is 0 Å². The number of nitrogens with zero attached hydrogens (tertiary/aromatic N) is 2. The van der Waals surface area contributed by atoms with E-state index in [9.17, 15) is 9.59 Å². The van der Waals surface area contributed by atoms with Gasteiger partial charge in [-0.3, -0.25) is 9.59 Å². The standard InChI is InChI=1S/C20H35N3O2.ClH/c1-16(17-7-9-21-10-8-17)15-19(24)22-11-13-23(14-12-22)20(25)18-5-3-2-4-6-18;/h16-18,21H,2-15H2,1H3;1H. The third-order valence-electron chi connectivity index (χ3n) is 6.58. The highest BCUT2D eigenvalue weighted by atomic mass is 35.5. The molecule has 6 heteroatoms. The third-order valence-corrected chi connectivity index (χ3v) is 6.58. The lowest BCUT2D eigenvalue weighted by molar-refractivity contribution is -0.143. The minimum atomic E-state index is 0. The molecule has 3 aliphatic rings. The van der Waals surface area contributed by atoms with Crippen LogP contribution < -0.4 is 5.32 Å². The molecule has 5 nitrogen and oxygen atoms in total. The van der Waals surface area contributed by atoms with Gasteiger partial charge in [0.05, 0.1) is 0 Å². The van der Waals surface area contributed by atoms with Crippen molar-refractivity contribution in [1.82, 2.24) is 15.1 Å². The van der Waals surface area contributed by atoms with Gasteiger partial charge in [-0.2, -0.15) is 0 Å². The summed E-state index contributed by atoms with van der Waals surface area (Å²) in [5.41, 5.74) is 0. The average molecular weight is 386 g/mol. The van der Waals surface area contributed by atoms with Crippen LogP contribution >= 0.6 is 12.4 Å². The molecule has 3 rings (SSSR count). The fourth-order valence-electron chi connectivity index (χ4n) is 4.77. The van der Waals surface area contributed by atoms with Crippen LogP contribution in [-0.4, -0.2) is 60.9 Å². The lowest BCUT2D eigenvalue weighted by Crippen LogP contribution is -2.52. The summed E-state index contributed by atoms with van der Waals surface area (Å²) < 4.78 is 0. The molecule has 0 aromatic heterocycles. The molecule has 3 fully saturated rings. The van der Waals surface area contributed by atoms with Crippen LogP contribution in [-0.2, 0) is 9.59 Å². The van der Waals surface area contributed by atoms with E-state index in [2.05, 4.69) is 12.2 Å². The minimum absolute atomic E-state index is 0. The molecule has 2 aliphatic heterocycles. The van der Waals surface area contributed by atoms with Crippen molar-refractivity contribution in [2.24, 2.45) is 17.8 Å². The maximum absolute atomic E-state index is 12.6. The van der Waals surface area contributed by atoms with Gasteiger partial charge in [-0.05, 0) is 50.6 Å². The molecule has 1 saturated carbocycles. The molecule has 0 spiro atoms. The second-order valence-electron chi connectivity index (χ2n) is 8.31.